The average molecular weight is 351 g/mol. The Kier molecular flexibility index (Phi) is 4.87. The Labute approximate surface area is 132 Å². The fourth-order valence-electron chi connectivity index (χ4n) is 2.07. The van der Waals surface area contributed by atoms with Crippen molar-refractivity contribution in [2.45, 2.75) is 25.9 Å². The van der Waals surface area contributed by atoms with Crippen molar-refractivity contribution >= 4 is 15.9 Å². The summed E-state index contributed by atoms with van der Waals surface area (Å²) in [6.07, 6.45) is 4.71. The van der Waals surface area contributed by atoms with E-state index in [4.69, 9.17) is 4.74 Å². The highest BCUT2D eigenvalue weighted by Gasteiger charge is 2.20. The average Bonchev–Trinajstić information content (AvgIpc) is 3.18. The van der Waals surface area contributed by atoms with E-state index >= 15 is 0 Å². The van der Waals surface area contributed by atoms with Crippen LogP contribution in [0.3, 0.4) is 0 Å². The molecule has 1 saturated carbocycles. The molecule has 0 radical (unpaired) electrons. The van der Waals surface area contributed by atoms with Crippen molar-refractivity contribution in [1.29, 1.82) is 0 Å². The smallest absolute Gasteiger partial charge is 0.120 e. The number of hydrogen-bond donors (Lipinski definition) is 1. The molecule has 0 aliphatic heterocycles. The minimum absolute atomic E-state index is 0.578. The van der Waals surface area contributed by atoms with E-state index in [2.05, 4.69) is 31.6 Å². The van der Waals surface area contributed by atoms with Crippen LogP contribution in [0.5, 0.6) is 5.75 Å². The van der Waals surface area contributed by atoms with Crippen molar-refractivity contribution in [2.75, 3.05) is 13.2 Å². The standard InChI is InChI=1S/C15H19BrN4O/c16-13-2-1-3-15(8-13)21-7-6-20-11-14(18-19-20)10-17-9-12-4-5-12/h1-3,8,11-12,17H,4-7,9-10H2. The molecule has 1 aliphatic carbocycles. The van der Waals surface area contributed by atoms with E-state index in [1.165, 1.54) is 12.8 Å². The van der Waals surface area contributed by atoms with E-state index in [1.54, 1.807) is 0 Å². The van der Waals surface area contributed by atoms with Crippen LogP contribution in [0.1, 0.15) is 18.5 Å². The molecule has 1 aromatic carbocycles. The molecule has 0 bridgehead atoms. The van der Waals surface area contributed by atoms with Gasteiger partial charge in [-0.05, 0) is 43.5 Å². The summed E-state index contributed by atoms with van der Waals surface area (Å²) in [7, 11) is 0. The summed E-state index contributed by atoms with van der Waals surface area (Å²) in [4.78, 5) is 0. The Morgan fingerprint density at radius 1 is 1.38 bits per heavy atom. The molecule has 1 fully saturated rings. The summed E-state index contributed by atoms with van der Waals surface area (Å²) in [5.41, 5.74) is 0.984. The van der Waals surface area contributed by atoms with Gasteiger partial charge in [-0.3, -0.25) is 0 Å². The fourth-order valence-corrected chi connectivity index (χ4v) is 2.45. The lowest BCUT2D eigenvalue weighted by atomic mass is 10.3. The van der Waals surface area contributed by atoms with Crippen LogP contribution in [0.2, 0.25) is 0 Å². The molecule has 0 amide bonds. The Morgan fingerprint density at radius 2 is 2.29 bits per heavy atom. The Balaban J connectivity index is 1.39. The topological polar surface area (TPSA) is 52.0 Å². The molecular formula is C15H19BrN4O. The summed E-state index contributed by atoms with van der Waals surface area (Å²) in [5.74, 6) is 1.74. The summed E-state index contributed by atoms with van der Waals surface area (Å²) < 4.78 is 8.53. The molecule has 3 rings (SSSR count). The lowest BCUT2D eigenvalue weighted by molar-refractivity contribution is 0.289. The molecule has 1 N–H and O–H groups in total. The number of ether oxygens (including phenoxy) is 1. The molecule has 21 heavy (non-hydrogen) atoms. The molecule has 5 nitrogen and oxygen atoms in total. The Bertz CT molecular complexity index is 583. The van der Waals surface area contributed by atoms with Crippen molar-refractivity contribution in [1.82, 2.24) is 20.3 Å². The van der Waals surface area contributed by atoms with Crippen LogP contribution >= 0.6 is 15.9 Å². The molecule has 0 saturated heterocycles. The van der Waals surface area contributed by atoms with E-state index in [9.17, 15) is 0 Å². The zero-order valence-electron chi connectivity index (χ0n) is 11.8. The van der Waals surface area contributed by atoms with Crippen LogP contribution in [0.15, 0.2) is 34.9 Å². The first-order chi connectivity index (χ1) is 10.3. The van der Waals surface area contributed by atoms with Gasteiger partial charge in [-0.1, -0.05) is 27.2 Å². The molecule has 0 atom stereocenters. The minimum Gasteiger partial charge on any atom is -0.492 e. The molecule has 1 aromatic heterocycles. The zero-order chi connectivity index (χ0) is 14.5. The van der Waals surface area contributed by atoms with E-state index in [0.717, 1.165) is 34.9 Å². The molecular weight excluding hydrogens is 332 g/mol. The number of nitrogens with zero attached hydrogens (tertiary/aromatic N) is 3. The molecule has 6 heteroatoms. The number of halogens is 1. The highest BCUT2D eigenvalue weighted by atomic mass is 79.9. The van der Waals surface area contributed by atoms with Gasteiger partial charge in [-0.2, -0.15) is 0 Å². The summed E-state index contributed by atoms with van der Waals surface area (Å²) in [6, 6.07) is 7.83. The van der Waals surface area contributed by atoms with Gasteiger partial charge >= 0.3 is 0 Å². The van der Waals surface area contributed by atoms with E-state index in [-0.39, 0.29) is 0 Å². The van der Waals surface area contributed by atoms with Crippen LogP contribution in [0, 0.1) is 5.92 Å². The SMILES string of the molecule is Brc1cccc(OCCn2cc(CNCC3CC3)nn2)c1. The molecule has 2 aromatic rings. The number of hydrogen-bond acceptors (Lipinski definition) is 4. The third-order valence-corrected chi connectivity index (χ3v) is 3.90. The third kappa shape index (κ3) is 4.82. The lowest BCUT2D eigenvalue weighted by Crippen LogP contribution is -2.16. The summed E-state index contributed by atoms with van der Waals surface area (Å²) in [6.45, 7) is 3.17. The second kappa shape index (κ2) is 7.04. The Morgan fingerprint density at radius 3 is 3.10 bits per heavy atom. The monoisotopic (exact) mass is 350 g/mol. The number of nitrogens with one attached hydrogen (secondary N) is 1. The first kappa shape index (κ1) is 14.5. The first-order valence-corrected chi connectivity index (χ1v) is 8.07. The van der Waals surface area contributed by atoms with Crippen LogP contribution in [0.25, 0.3) is 0 Å². The van der Waals surface area contributed by atoms with Crippen molar-refractivity contribution < 1.29 is 4.74 Å². The van der Waals surface area contributed by atoms with Crippen molar-refractivity contribution in [2.24, 2.45) is 5.92 Å². The Hall–Kier alpha value is -1.40. The minimum atomic E-state index is 0.578. The zero-order valence-corrected chi connectivity index (χ0v) is 13.4. The number of aromatic nitrogens is 3. The van der Waals surface area contributed by atoms with Crippen molar-refractivity contribution in [3.63, 3.8) is 0 Å². The quantitative estimate of drug-likeness (QED) is 0.794. The van der Waals surface area contributed by atoms with Gasteiger partial charge in [-0.25, -0.2) is 4.68 Å². The maximum atomic E-state index is 5.69. The maximum absolute atomic E-state index is 5.69. The largest absolute Gasteiger partial charge is 0.492 e. The van der Waals surface area contributed by atoms with Gasteiger partial charge in [0.05, 0.1) is 12.2 Å². The highest BCUT2D eigenvalue weighted by Crippen LogP contribution is 2.27. The fraction of sp³-hybridized carbons (Fsp3) is 0.467. The number of benzene rings is 1. The van der Waals surface area contributed by atoms with E-state index in [0.29, 0.717) is 13.2 Å². The van der Waals surface area contributed by atoms with E-state index in [1.807, 2.05) is 35.1 Å². The van der Waals surface area contributed by atoms with Gasteiger partial charge in [0.2, 0.25) is 0 Å². The van der Waals surface area contributed by atoms with Gasteiger partial charge in [0.15, 0.2) is 0 Å². The van der Waals surface area contributed by atoms with Crippen LogP contribution in [-0.2, 0) is 13.1 Å². The van der Waals surface area contributed by atoms with Crippen LogP contribution in [-0.4, -0.2) is 28.1 Å². The second-order valence-electron chi connectivity index (χ2n) is 5.35. The molecule has 1 aliphatic rings. The first-order valence-electron chi connectivity index (χ1n) is 7.28. The predicted molar refractivity (Wildman–Crippen MR) is 84.1 cm³/mol. The lowest BCUT2D eigenvalue weighted by Gasteiger charge is -2.05. The van der Waals surface area contributed by atoms with Crippen molar-refractivity contribution in [3.05, 3.63) is 40.6 Å². The molecule has 112 valence electrons. The molecule has 0 spiro atoms. The normalized spacial score (nSPS) is 14.3. The third-order valence-electron chi connectivity index (χ3n) is 3.41. The van der Waals surface area contributed by atoms with Crippen LogP contribution < -0.4 is 10.1 Å². The van der Waals surface area contributed by atoms with Crippen LogP contribution in [0.4, 0.5) is 0 Å². The van der Waals surface area contributed by atoms with Gasteiger partial charge in [-0.15, -0.1) is 5.10 Å². The molecule has 1 heterocycles. The molecule has 0 unspecified atom stereocenters. The van der Waals surface area contributed by atoms with Gasteiger partial charge in [0, 0.05) is 17.2 Å². The van der Waals surface area contributed by atoms with Crippen molar-refractivity contribution in [3.8, 4) is 5.75 Å². The summed E-state index contributed by atoms with van der Waals surface area (Å²) in [5, 5.41) is 11.7. The van der Waals surface area contributed by atoms with E-state index < -0.39 is 0 Å². The van der Waals surface area contributed by atoms with Gasteiger partial charge in [0.25, 0.3) is 0 Å². The second-order valence-corrected chi connectivity index (χ2v) is 6.27. The van der Waals surface area contributed by atoms with Gasteiger partial charge in [0.1, 0.15) is 12.4 Å². The maximum Gasteiger partial charge on any atom is 0.120 e. The number of rotatable bonds is 8. The predicted octanol–water partition coefficient (Wildman–Crippen LogP) is 2.62. The highest BCUT2D eigenvalue weighted by molar-refractivity contribution is 9.10. The van der Waals surface area contributed by atoms with Gasteiger partial charge < -0.3 is 10.1 Å². The summed E-state index contributed by atoms with van der Waals surface area (Å²) >= 11 is 3.43.